The number of nitrogen functional groups attached to an aromatic ring is 1. The Labute approximate surface area is 257 Å². The summed E-state index contributed by atoms with van der Waals surface area (Å²) in [4.78, 5) is 47.9. The number of imidazole rings is 1. The molecule has 2 aromatic carbocycles. The Kier molecular flexibility index (Phi) is 9.63. The molecule has 0 radical (unpaired) electrons. The van der Waals surface area contributed by atoms with E-state index in [0.717, 1.165) is 5.56 Å². The van der Waals surface area contributed by atoms with Crippen LogP contribution in [0.2, 0.25) is 0 Å². The van der Waals surface area contributed by atoms with Crippen LogP contribution in [0.1, 0.15) is 32.6 Å². The van der Waals surface area contributed by atoms with Gasteiger partial charge in [-0.05, 0) is 24.6 Å². The lowest BCUT2D eigenvalue weighted by molar-refractivity contribution is -0.153. The Bertz CT molecular complexity index is 1750. The maximum atomic E-state index is 14.1. The van der Waals surface area contributed by atoms with E-state index in [4.69, 9.17) is 29.0 Å². The van der Waals surface area contributed by atoms with Gasteiger partial charge >= 0.3 is 19.7 Å². The Morgan fingerprint density at radius 3 is 2.53 bits per heavy atom. The Balaban J connectivity index is 1.34. The fraction of sp³-hybridized carbons (Fsp3) is 0.345. The van der Waals surface area contributed by atoms with Crippen LogP contribution in [0.4, 0.5) is 5.95 Å². The number of aromatic nitrogens is 4. The summed E-state index contributed by atoms with van der Waals surface area (Å²) < 4.78 is 44.3. The third-order valence-electron chi connectivity index (χ3n) is 7.03. The molecule has 0 aliphatic carbocycles. The van der Waals surface area contributed by atoms with Gasteiger partial charge in [0.25, 0.3) is 5.56 Å². The van der Waals surface area contributed by atoms with Crippen molar-refractivity contribution in [2.24, 2.45) is 5.92 Å². The molecule has 238 valence electrons. The van der Waals surface area contributed by atoms with Crippen LogP contribution in [-0.4, -0.2) is 56.3 Å². The number of H-pyrrole nitrogens is 1. The van der Waals surface area contributed by atoms with E-state index in [1.54, 1.807) is 37.3 Å². The number of nitrogens with two attached hydrogens (primary N) is 1. The number of nitrogens with one attached hydrogen (secondary N) is 2. The molecule has 4 N–H and O–H groups in total. The van der Waals surface area contributed by atoms with Crippen molar-refractivity contribution in [1.29, 1.82) is 0 Å². The number of benzene rings is 2. The van der Waals surface area contributed by atoms with Crippen LogP contribution in [-0.2, 0) is 39.5 Å². The number of hydrogen-bond acceptors (Lipinski definition) is 12. The van der Waals surface area contributed by atoms with Crippen molar-refractivity contribution in [2.45, 2.75) is 51.9 Å². The molecule has 16 heteroatoms. The van der Waals surface area contributed by atoms with Gasteiger partial charge in [-0.25, -0.2) is 9.55 Å². The minimum atomic E-state index is -4.24. The number of carbonyl (C=O) groups excluding carboxylic acids is 2. The number of anilines is 1. The van der Waals surface area contributed by atoms with Gasteiger partial charge in [-0.1, -0.05) is 55.5 Å². The molecule has 3 heterocycles. The highest BCUT2D eigenvalue weighted by atomic mass is 31.2. The lowest BCUT2D eigenvalue weighted by Gasteiger charge is -2.25. The molecule has 1 saturated heterocycles. The zero-order valence-corrected chi connectivity index (χ0v) is 25.6. The van der Waals surface area contributed by atoms with E-state index in [9.17, 15) is 18.9 Å². The first-order valence-corrected chi connectivity index (χ1v) is 15.6. The molecule has 0 saturated carbocycles. The normalized spacial score (nSPS) is 21.6. The summed E-state index contributed by atoms with van der Waals surface area (Å²) in [7, 11) is -4.24. The molecule has 1 fully saturated rings. The maximum absolute atomic E-state index is 14.1. The predicted molar refractivity (Wildman–Crippen MR) is 161 cm³/mol. The standard InChI is InChI=1S/C29H33N6O9P/c1-17-22(43-27(24(17)42-19(3)36)35-16-31-23-25(35)32-29(30)33-26(23)37)15-41-45(39,44-21-12-8-5-9-13-21)34-18(2)28(38)40-14-20-10-6-4-7-11-20/h4-13,16-18,22,24,27H,14-15H2,1-3H3,(H,34,39)(H3,30,32,33,37)/t17-,18-,22-,24-,27-,45?/m1/s1. The molecule has 15 nitrogen and oxygen atoms in total. The zero-order chi connectivity index (χ0) is 32.1. The monoisotopic (exact) mass is 640 g/mol. The Morgan fingerprint density at radius 1 is 1.16 bits per heavy atom. The molecule has 1 unspecified atom stereocenters. The largest absolute Gasteiger partial charge is 0.460 e. The first-order chi connectivity index (χ1) is 21.5. The number of ether oxygens (including phenoxy) is 3. The third kappa shape index (κ3) is 7.57. The van der Waals surface area contributed by atoms with Crippen molar-refractivity contribution in [3.63, 3.8) is 0 Å². The number of carbonyl (C=O) groups is 2. The Morgan fingerprint density at radius 2 is 1.84 bits per heavy atom. The van der Waals surface area contributed by atoms with Crippen LogP contribution in [0, 0.1) is 5.92 Å². The van der Waals surface area contributed by atoms with Crippen LogP contribution < -0.4 is 20.9 Å². The van der Waals surface area contributed by atoms with Crippen LogP contribution in [0.5, 0.6) is 5.75 Å². The van der Waals surface area contributed by atoms with Gasteiger partial charge in [0.15, 0.2) is 23.5 Å². The van der Waals surface area contributed by atoms with Gasteiger partial charge in [-0.15, -0.1) is 0 Å². The van der Waals surface area contributed by atoms with Crippen LogP contribution in [0.25, 0.3) is 11.2 Å². The molecule has 0 amide bonds. The second-order valence-corrected chi connectivity index (χ2v) is 12.1. The minimum Gasteiger partial charge on any atom is -0.460 e. The first kappa shape index (κ1) is 31.9. The van der Waals surface area contributed by atoms with E-state index in [1.807, 2.05) is 30.3 Å². The molecule has 0 spiro atoms. The van der Waals surface area contributed by atoms with Gasteiger partial charge in [-0.2, -0.15) is 10.1 Å². The van der Waals surface area contributed by atoms with Gasteiger partial charge in [0.2, 0.25) is 5.95 Å². The summed E-state index contributed by atoms with van der Waals surface area (Å²) in [6.45, 7) is 4.21. The number of esters is 2. The van der Waals surface area contributed by atoms with Crippen molar-refractivity contribution in [2.75, 3.05) is 12.3 Å². The van der Waals surface area contributed by atoms with Crippen molar-refractivity contribution in [3.05, 3.63) is 82.9 Å². The van der Waals surface area contributed by atoms with Gasteiger partial charge in [-0.3, -0.25) is 28.5 Å². The summed E-state index contributed by atoms with van der Waals surface area (Å²) in [6.07, 6.45) is -1.32. The van der Waals surface area contributed by atoms with Gasteiger partial charge in [0.1, 0.15) is 18.4 Å². The number of nitrogens with zero attached hydrogens (tertiary/aromatic N) is 3. The van der Waals surface area contributed by atoms with E-state index in [-0.39, 0.29) is 36.1 Å². The Hall–Kier alpha value is -4.56. The van der Waals surface area contributed by atoms with Crippen molar-refractivity contribution in [1.82, 2.24) is 24.6 Å². The molecule has 1 aliphatic heterocycles. The molecule has 4 aromatic rings. The summed E-state index contributed by atoms with van der Waals surface area (Å²) in [5.74, 6) is -1.65. The highest BCUT2D eigenvalue weighted by Crippen LogP contribution is 2.47. The summed E-state index contributed by atoms with van der Waals surface area (Å²) in [6, 6.07) is 16.3. The van der Waals surface area contributed by atoms with Crippen LogP contribution in [0.15, 0.2) is 71.8 Å². The number of rotatable bonds is 12. The highest BCUT2D eigenvalue weighted by molar-refractivity contribution is 7.52. The number of fused-ring (bicyclic) bond motifs is 1. The smallest absolute Gasteiger partial charge is 0.459 e. The van der Waals surface area contributed by atoms with Gasteiger partial charge in [0, 0.05) is 12.8 Å². The number of aromatic amines is 1. The number of hydrogen-bond donors (Lipinski definition) is 3. The van der Waals surface area contributed by atoms with Crippen LogP contribution in [0.3, 0.4) is 0 Å². The van der Waals surface area contributed by atoms with Gasteiger partial charge < -0.3 is 24.5 Å². The minimum absolute atomic E-state index is 0.0137. The summed E-state index contributed by atoms with van der Waals surface area (Å²) in [5.41, 5.74) is 6.12. The lowest BCUT2D eigenvalue weighted by atomic mass is 10.0. The summed E-state index contributed by atoms with van der Waals surface area (Å²) in [5, 5.41) is 2.65. The topological polar surface area (TPSA) is 199 Å². The van der Waals surface area contributed by atoms with E-state index in [0.29, 0.717) is 0 Å². The quantitative estimate of drug-likeness (QED) is 0.151. The number of para-hydroxylation sites is 1. The maximum Gasteiger partial charge on any atom is 0.459 e. The molecule has 5 rings (SSSR count). The first-order valence-electron chi connectivity index (χ1n) is 14.1. The lowest BCUT2D eigenvalue weighted by Crippen LogP contribution is -2.36. The molecule has 6 atom stereocenters. The van der Waals surface area contributed by atoms with E-state index in [1.165, 1.54) is 24.7 Å². The SMILES string of the molecule is CC(=O)O[C@@H]1[C@H](C)[C@@H](COP(=O)(N[C@H](C)C(=O)OCc2ccccc2)Oc2ccccc2)O[C@H]1n1cnc2c(=O)[nH]c(N)nc21. The zero-order valence-electron chi connectivity index (χ0n) is 24.7. The van der Waals surface area contributed by atoms with Gasteiger partial charge in [0.05, 0.1) is 19.0 Å². The molecular weight excluding hydrogens is 607 g/mol. The van der Waals surface area contributed by atoms with Crippen molar-refractivity contribution in [3.8, 4) is 5.75 Å². The summed E-state index contributed by atoms with van der Waals surface area (Å²) >= 11 is 0. The second-order valence-electron chi connectivity index (χ2n) is 10.4. The van der Waals surface area contributed by atoms with E-state index < -0.39 is 55.6 Å². The van der Waals surface area contributed by atoms with Crippen molar-refractivity contribution < 1.29 is 37.4 Å². The third-order valence-corrected chi connectivity index (χ3v) is 8.68. The molecule has 1 aliphatic rings. The fourth-order valence-corrected chi connectivity index (χ4v) is 6.28. The highest BCUT2D eigenvalue weighted by Gasteiger charge is 2.47. The molecular formula is C29H33N6O9P. The fourth-order valence-electron chi connectivity index (χ4n) is 4.78. The average Bonchev–Trinajstić information content (AvgIpc) is 3.56. The molecule has 2 aromatic heterocycles. The molecule has 0 bridgehead atoms. The van der Waals surface area contributed by atoms with Crippen LogP contribution >= 0.6 is 7.75 Å². The second kappa shape index (κ2) is 13.6. The molecule has 45 heavy (non-hydrogen) atoms. The average molecular weight is 641 g/mol. The van der Waals surface area contributed by atoms with E-state index in [2.05, 4.69) is 20.0 Å². The van der Waals surface area contributed by atoms with Crippen molar-refractivity contribution >= 4 is 36.8 Å². The van der Waals surface area contributed by atoms with E-state index >= 15 is 0 Å². The predicted octanol–water partition coefficient (Wildman–Crippen LogP) is 3.09.